The molecule has 168 valence electrons. The average molecular weight is 452 g/mol. The lowest BCUT2D eigenvalue weighted by Gasteiger charge is -2.11. The zero-order valence-corrected chi connectivity index (χ0v) is 17.5. The monoisotopic (exact) mass is 452 g/mol. The van der Waals surface area contributed by atoms with Crippen LogP contribution < -0.4 is 15.5 Å². The Morgan fingerprint density at radius 3 is 2.21 bits per heavy atom. The number of hydrogen-bond acceptors (Lipinski definition) is 4. The van der Waals surface area contributed by atoms with E-state index in [-0.39, 0.29) is 5.69 Å². The van der Waals surface area contributed by atoms with E-state index in [1.165, 1.54) is 12.1 Å². The number of nitrogens with one attached hydrogen (secondary N) is 2. The summed E-state index contributed by atoms with van der Waals surface area (Å²) in [5.74, 6) is -0.393. The Labute approximate surface area is 188 Å². The van der Waals surface area contributed by atoms with Crippen molar-refractivity contribution in [3.8, 4) is 11.8 Å². The lowest BCUT2D eigenvalue weighted by atomic mass is 10.0. The van der Waals surface area contributed by atoms with Crippen molar-refractivity contribution in [2.24, 2.45) is 5.10 Å². The molecule has 0 aromatic heterocycles. The van der Waals surface area contributed by atoms with E-state index in [2.05, 4.69) is 26.7 Å². The van der Waals surface area contributed by atoms with E-state index in [1.807, 2.05) is 43.3 Å². The van der Waals surface area contributed by atoms with Gasteiger partial charge in [0.05, 0.1) is 17.3 Å². The van der Waals surface area contributed by atoms with Crippen LogP contribution in [-0.4, -0.2) is 18.1 Å². The van der Waals surface area contributed by atoms with Gasteiger partial charge in [0.2, 0.25) is 0 Å². The van der Waals surface area contributed by atoms with Crippen molar-refractivity contribution in [2.45, 2.75) is 19.7 Å². The summed E-state index contributed by atoms with van der Waals surface area (Å²) in [4.78, 5) is 12.3. The van der Waals surface area contributed by atoms with Crippen molar-refractivity contribution < 1.29 is 22.7 Å². The number of nitrogens with zero attached hydrogens (tertiary/aromatic N) is 2. The van der Waals surface area contributed by atoms with Crippen LogP contribution in [0.5, 0.6) is 5.75 Å². The van der Waals surface area contributed by atoms with Crippen LogP contribution in [0.25, 0.3) is 0 Å². The van der Waals surface area contributed by atoms with E-state index < -0.39 is 18.1 Å². The van der Waals surface area contributed by atoms with Gasteiger partial charge in [0, 0.05) is 12.1 Å². The fourth-order valence-electron chi connectivity index (χ4n) is 2.86. The number of amides is 2. The largest absolute Gasteiger partial charge is 0.573 e. The first-order chi connectivity index (χ1) is 15.7. The molecule has 0 aliphatic carbocycles. The highest BCUT2D eigenvalue weighted by Crippen LogP contribution is 2.23. The van der Waals surface area contributed by atoms with E-state index >= 15 is 0 Å². The number of benzene rings is 3. The van der Waals surface area contributed by atoms with Gasteiger partial charge in [-0.25, -0.2) is 10.2 Å². The lowest BCUT2D eigenvalue weighted by Crippen LogP contribution is -2.26. The van der Waals surface area contributed by atoms with Crippen molar-refractivity contribution in [1.82, 2.24) is 5.43 Å². The number of ether oxygens (including phenoxy) is 1. The van der Waals surface area contributed by atoms with Crippen molar-refractivity contribution >= 4 is 17.4 Å². The fraction of sp³-hybridized carbons (Fsp3) is 0.125. The minimum atomic E-state index is -4.79. The van der Waals surface area contributed by atoms with Gasteiger partial charge >= 0.3 is 12.4 Å². The number of hydrazone groups is 1. The molecule has 3 aromatic rings. The molecule has 0 aliphatic heterocycles. The Morgan fingerprint density at radius 2 is 1.64 bits per heavy atom. The second-order valence-electron chi connectivity index (χ2n) is 7.05. The summed E-state index contributed by atoms with van der Waals surface area (Å²) in [5.41, 5.74) is 6.58. The minimum Gasteiger partial charge on any atom is -0.406 e. The van der Waals surface area contributed by atoms with Crippen LogP contribution in [0.15, 0.2) is 77.9 Å². The quantitative estimate of drug-likeness (QED) is 0.381. The van der Waals surface area contributed by atoms with Gasteiger partial charge < -0.3 is 10.1 Å². The molecule has 0 radical (unpaired) electrons. The summed E-state index contributed by atoms with van der Waals surface area (Å²) in [5, 5.41) is 15.7. The maximum atomic E-state index is 12.3. The molecule has 9 heteroatoms. The fourth-order valence-corrected chi connectivity index (χ4v) is 2.86. The first-order valence-corrected chi connectivity index (χ1v) is 9.77. The van der Waals surface area contributed by atoms with Crippen molar-refractivity contribution in [3.05, 3.63) is 95.1 Å². The number of urea groups is 1. The highest BCUT2D eigenvalue weighted by atomic mass is 19.4. The predicted molar refractivity (Wildman–Crippen MR) is 118 cm³/mol. The highest BCUT2D eigenvalue weighted by Gasteiger charge is 2.30. The Kier molecular flexibility index (Phi) is 7.31. The van der Waals surface area contributed by atoms with E-state index in [0.717, 1.165) is 28.8 Å². The van der Waals surface area contributed by atoms with Crippen molar-refractivity contribution in [2.75, 3.05) is 5.32 Å². The molecule has 3 aromatic carbocycles. The third kappa shape index (κ3) is 7.40. The minimum absolute atomic E-state index is 0.265. The molecule has 0 spiro atoms. The summed E-state index contributed by atoms with van der Waals surface area (Å²) in [7, 11) is 0. The molecule has 0 unspecified atom stereocenters. The maximum Gasteiger partial charge on any atom is 0.573 e. The molecule has 2 N–H and O–H groups in total. The number of rotatable bonds is 6. The zero-order chi connectivity index (χ0) is 23.8. The van der Waals surface area contributed by atoms with Crippen LogP contribution in [0.3, 0.4) is 0 Å². The third-order valence-electron chi connectivity index (χ3n) is 4.48. The first kappa shape index (κ1) is 23.3. The lowest BCUT2D eigenvalue weighted by molar-refractivity contribution is -0.274. The molecular formula is C24H19F3N4O2. The molecule has 0 bridgehead atoms. The second-order valence-corrected chi connectivity index (χ2v) is 7.05. The van der Waals surface area contributed by atoms with Crippen LogP contribution in [0.4, 0.5) is 23.7 Å². The van der Waals surface area contributed by atoms with Crippen molar-refractivity contribution in [1.29, 1.82) is 5.26 Å². The van der Waals surface area contributed by atoms with Crippen LogP contribution >= 0.6 is 0 Å². The number of alkyl halides is 3. The second kappa shape index (κ2) is 10.3. The summed E-state index contributed by atoms with van der Waals surface area (Å²) in [6.45, 7) is 1.96. The van der Waals surface area contributed by atoms with E-state index in [4.69, 9.17) is 5.26 Å². The Bertz CT molecular complexity index is 1160. The van der Waals surface area contributed by atoms with Crippen LogP contribution in [0.1, 0.15) is 22.3 Å². The first-order valence-electron chi connectivity index (χ1n) is 9.77. The highest BCUT2D eigenvalue weighted by molar-refractivity contribution is 6.02. The molecule has 3 rings (SSSR count). The summed E-state index contributed by atoms with van der Waals surface area (Å²) in [6, 6.07) is 20.8. The van der Waals surface area contributed by atoms with Gasteiger partial charge in [0.1, 0.15) is 5.75 Å². The molecule has 0 aliphatic rings. The number of anilines is 1. The number of aryl methyl sites for hydroxylation is 1. The normalized spacial score (nSPS) is 11.4. The van der Waals surface area contributed by atoms with Gasteiger partial charge in [0.15, 0.2) is 0 Å². The number of nitriles is 1. The van der Waals surface area contributed by atoms with Gasteiger partial charge in [0.25, 0.3) is 0 Å². The molecule has 0 heterocycles. The standard InChI is InChI=1S/C24H19F3N4O2/c1-16-2-8-19(9-3-16)22(14-17-4-6-18(15-28)7-5-17)30-31-23(32)29-20-10-12-21(13-11-20)33-24(25,26)27/h2-13H,14H2,1H3,(H2,29,31,32). The van der Waals surface area contributed by atoms with Crippen LogP contribution in [0.2, 0.25) is 0 Å². The zero-order valence-electron chi connectivity index (χ0n) is 17.5. The third-order valence-corrected chi connectivity index (χ3v) is 4.48. The molecule has 2 amide bonds. The maximum absolute atomic E-state index is 12.3. The molecule has 0 atom stereocenters. The van der Waals surface area contributed by atoms with E-state index in [1.54, 1.807) is 12.1 Å². The Morgan fingerprint density at radius 1 is 1.00 bits per heavy atom. The van der Waals surface area contributed by atoms with E-state index in [0.29, 0.717) is 17.7 Å². The summed E-state index contributed by atoms with van der Waals surface area (Å²) in [6.07, 6.45) is -4.39. The summed E-state index contributed by atoms with van der Waals surface area (Å²) >= 11 is 0. The molecule has 33 heavy (non-hydrogen) atoms. The SMILES string of the molecule is Cc1ccc(C(Cc2ccc(C#N)cc2)=NNC(=O)Nc2ccc(OC(F)(F)F)cc2)cc1. The van der Waals surface area contributed by atoms with Gasteiger partial charge in [-0.1, -0.05) is 42.0 Å². The van der Waals surface area contributed by atoms with E-state index in [9.17, 15) is 18.0 Å². The molecule has 6 nitrogen and oxygen atoms in total. The van der Waals surface area contributed by atoms with Crippen LogP contribution in [0, 0.1) is 18.3 Å². The Hall–Kier alpha value is -4.32. The average Bonchev–Trinajstić information content (AvgIpc) is 2.78. The van der Waals surface area contributed by atoms with Crippen molar-refractivity contribution in [3.63, 3.8) is 0 Å². The summed E-state index contributed by atoms with van der Waals surface area (Å²) < 4.78 is 40.6. The topological polar surface area (TPSA) is 86.5 Å². The number of halogens is 3. The number of hydrogen-bond donors (Lipinski definition) is 2. The van der Waals surface area contributed by atoms with Gasteiger partial charge in [-0.2, -0.15) is 10.4 Å². The molecular weight excluding hydrogens is 433 g/mol. The molecule has 0 saturated carbocycles. The Balaban J connectivity index is 1.71. The number of carbonyl (C=O) groups excluding carboxylic acids is 1. The predicted octanol–water partition coefficient (Wildman–Crippen LogP) is 5.53. The smallest absolute Gasteiger partial charge is 0.406 e. The van der Waals surface area contributed by atoms with Gasteiger partial charge in [-0.3, -0.25) is 0 Å². The van der Waals surface area contributed by atoms with Gasteiger partial charge in [-0.05, 0) is 54.4 Å². The van der Waals surface area contributed by atoms with Gasteiger partial charge in [-0.15, -0.1) is 13.2 Å². The van der Waals surface area contributed by atoms with Crippen LogP contribution in [-0.2, 0) is 6.42 Å². The molecule has 0 fully saturated rings. The number of carbonyl (C=O) groups is 1. The molecule has 0 saturated heterocycles.